The Labute approximate surface area is 150 Å². The van der Waals surface area contributed by atoms with Gasteiger partial charge in [-0.1, -0.05) is 46.6 Å². The summed E-state index contributed by atoms with van der Waals surface area (Å²) in [5, 5.41) is 10.3. The molecule has 2 atom stereocenters. The first-order valence-electron chi connectivity index (χ1n) is 8.91. The van der Waals surface area contributed by atoms with Crippen molar-refractivity contribution in [3.05, 3.63) is 23.3 Å². The van der Waals surface area contributed by atoms with Gasteiger partial charge in [-0.15, -0.1) is 6.42 Å². The number of allylic oxidation sites excluding steroid dienone is 2. The van der Waals surface area contributed by atoms with Gasteiger partial charge in [0, 0.05) is 0 Å². The molecule has 0 radical (unpaired) electrons. The first-order chi connectivity index (χ1) is 10.6. The van der Waals surface area contributed by atoms with Crippen molar-refractivity contribution in [1.82, 2.24) is 0 Å². The summed E-state index contributed by atoms with van der Waals surface area (Å²) in [6.45, 7) is 19.7. The van der Waals surface area contributed by atoms with Gasteiger partial charge in [-0.25, -0.2) is 0 Å². The molecule has 1 aliphatic rings. The third-order valence-corrected chi connectivity index (χ3v) is 10.3. The summed E-state index contributed by atoms with van der Waals surface area (Å²) in [4.78, 5) is 0. The molecule has 136 valence electrons. The molecule has 0 aromatic carbocycles. The first kappa shape index (κ1) is 21.2. The van der Waals surface area contributed by atoms with E-state index in [0.29, 0.717) is 0 Å². The molecular formula is C21H36O2Si. The molecule has 0 saturated carbocycles. The summed E-state index contributed by atoms with van der Waals surface area (Å²) in [7, 11) is -1.82. The lowest BCUT2D eigenvalue weighted by Gasteiger charge is -2.44. The van der Waals surface area contributed by atoms with Crippen LogP contribution in [0.2, 0.25) is 18.1 Å². The van der Waals surface area contributed by atoms with Crippen molar-refractivity contribution >= 4 is 8.32 Å². The summed E-state index contributed by atoms with van der Waals surface area (Å²) in [5.41, 5.74) is 1.38. The van der Waals surface area contributed by atoms with Crippen LogP contribution in [0.3, 0.4) is 0 Å². The van der Waals surface area contributed by atoms with Gasteiger partial charge in [0.15, 0.2) is 8.32 Å². The summed E-state index contributed by atoms with van der Waals surface area (Å²) in [6.07, 6.45) is 11.4. The van der Waals surface area contributed by atoms with Gasteiger partial charge in [0.25, 0.3) is 0 Å². The van der Waals surface area contributed by atoms with Crippen molar-refractivity contribution < 1.29 is 9.53 Å². The molecule has 0 aromatic heterocycles. The highest BCUT2D eigenvalue weighted by atomic mass is 28.4. The molecular weight excluding hydrogens is 312 g/mol. The van der Waals surface area contributed by atoms with Gasteiger partial charge >= 0.3 is 0 Å². The molecule has 0 aliphatic heterocycles. The summed E-state index contributed by atoms with van der Waals surface area (Å²) in [5.74, 6) is 2.41. The molecule has 24 heavy (non-hydrogen) atoms. The van der Waals surface area contributed by atoms with Crippen LogP contribution in [0.1, 0.15) is 61.3 Å². The molecule has 0 heterocycles. The number of rotatable bonds is 4. The Morgan fingerprint density at radius 2 is 1.83 bits per heavy atom. The highest BCUT2D eigenvalue weighted by Crippen LogP contribution is 2.45. The van der Waals surface area contributed by atoms with Gasteiger partial charge in [0.2, 0.25) is 0 Å². The number of hydrogen-bond acceptors (Lipinski definition) is 2. The molecule has 3 heteroatoms. The lowest BCUT2D eigenvalue weighted by Crippen LogP contribution is -2.45. The van der Waals surface area contributed by atoms with E-state index in [0.717, 1.165) is 12.8 Å². The van der Waals surface area contributed by atoms with E-state index in [1.54, 1.807) is 13.0 Å². The van der Waals surface area contributed by atoms with Crippen molar-refractivity contribution in [1.29, 1.82) is 0 Å². The van der Waals surface area contributed by atoms with Gasteiger partial charge < -0.3 is 9.53 Å². The van der Waals surface area contributed by atoms with E-state index in [4.69, 9.17) is 10.8 Å². The summed E-state index contributed by atoms with van der Waals surface area (Å²) >= 11 is 0. The average Bonchev–Trinajstić information content (AvgIpc) is 2.40. The third kappa shape index (κ3) is 4.85. The molecule has 0 fully saturated rings. The van der Waals surface area contributed by atoms with Crippen LogP contribution in [-0.2, 0) is 4.43 Å². The monoisotopic (exact) mass is 348 g/mol. The molecule has 1 rings (SSSR count). The number of terminal acetylenes is 1. The molecule has 0 saturated heterocycles. The number of aliphatic hydroxyl groups is 1. The maximum absolute atomic E-state index is 10.1. The van der Waals surface area contributed by atoms with Gasteiger partial charge in [-0.3, -0.25) is 0 Å². The van der Waals surface area contributed by atoms with E-state index in [2.05, 4.69) is 60.6 Å². The number of hydrogen-bond donors (Lipinski definition) is 1. The second-order valence-electron chi connectivity index (χ2n) is 9.51. The van der Waals surface area contributed by atoms with Crippen molar-refractivity contribution in [3.63, 3.8) is 0 Å². The van der Waals surface area contributed by atoms with E-state index in [9.17, 15) is 5.11 Å². The zero-order valence-corrected chi connectivity index (χ0v) is 18.1. The highest BCUT2D eigenvalue weighted by Gasteiger charge is 2.41. The van der Waals surface area contributed by atoms with Crippen LogP contribution in [0, 0.1) is 17.8 Å². The van der Waals surface area contributed by atoms with E-state index in [1.807, 2.05) is 6.08 Å². The molecule has 0 aromatic rings. The predicted molar refractivity (Wildman–Crippen MR) is 106 cm³/mol. The van der Waals surface area contributed by atoms with E-state index in [1.165, 1.54) is 11.1 Å². The van der Waals surface area contributed by atoms with Gasteiger partial charge in [-0.2, -0.15) is 0 Å². The van der Waals surface area contributed by atoms with Crippen molar-refractivity contribution in [2.45, 2.75) is 91.1 Å². The lowest BCUT2D eigenvalue weighted by atomic mass is 9.71. The Hall–Kier alpha value is -0.823. The second kappa shape index (κ2) is 6.82. The maximum atomic E-state index is 10.1. The predicted octanol–water partition coefficient (Wildman–Crippen LogP) is 5.45. The summed E-state index contributed by atoms with van der Waals surface area (Å²) in [6, 6.07) is 0. The Kier molecular flexibility index (Phi) is 6.03. The van der Waals surface area contributed by atoms with Crippen LogP contribution in [0.4, 0.5) is 0 Å². The summed E-state index contributed by atoms with van der Waals surface area (Å²) < 4.78 is 6.68. The molecule has 0 bridgehead atoms. The molecule has 1 N–H and O–H groups in total. The first-order valence-corrected chi connectivity index (χ1v) is 11.8. The smallest absolute Gasteiger partial charge is 0.192 e. The maximum Gasteiger partial charge on any atom is 0.192 e. The third-order valence-electron chi connectivity index (χ3n) is 5.78. The van der Waals surface area contributed by atoms with Gasteiger partial charge in [0.1, 0.15) is 5.60 Å². The minimum Gasteiger partial charge on any atom is -0.410 e. The van der Waals surface area contributed by atoms with Crippen LogP contribution in [0.5, 0.6) is 0 Å². The molecule has 1 aliphatic carbocycles. The normalized spacial score (nSPS) is 24.8. The van der Waals surface area contributed by atoms with Crippen LogP contribution >= 0.6 is 0 Å². The Morgan fingerprint density at radius 3 is 2.29 bits per heavy atom. The average molecular weight is 349 g/mol. The van der Waals surface area contributed by atoms with Crippen LogP contribution in [0.15, 0.2) is 23.3 Å². The van der Waals surface area contributed by atoms with Gasteiger partial charge in [-0.05, 0) is 67.5 Å². The molecule has 2 nitrogen and oxygen atoms in total. The van der Waals surface area contributed by atoms with Crippen LogP contribution in [0.25, 0.3) is 0 Å². The zero-order chi connectivity index (χ0) is 19.0. The SMILES string of the molecule is C#CC(C)(O)/C=C/C1=C(C)C(O[Si](C)(C)C(C)(C)C)CCC1(C)C. The molecule has 2 unspecified atom stereocenters. The highest BCUT2D eigenvalue weighted by molar-refractivity contribution is 6.74. The quantitative estimate of drug-likeness (QED) is 0.540. The molecule has 0 spiro atoms. The Balaban J connectivity index is 3.20. The van der Waals surface area contributed by atoms with E-state index < -0.39 is 13.9 Å². The van der Waals surface area contributed by atoms with E-state index >= 15 is 0 Å². The fourth-order valence-corrected chi connectivity index (χ4v) is 4.24. The largest absolute Gasteiger partial charge is 0.410 e. The lowest BCUT2D eigenvalue weighted by molar-refractivity contribution is 0.166. The standard InChI is InChI=1S/C21H36O2Si/c1-11-21(8,22)15-12-17-16(2)18(13-14-20(17,6)7)23-24(9,10)19(3,4)5/h1,12,15,18,22H,13-14H2,2-10H3/b15-12+. The minimum absolute atomic E-state index is 0.0680. The topological polar surface area (TPSA) is 29.5 Å². The second-order valence-corrected chi connectivity index (χ2v) is 14.3. The fraction of sp³-hybridized carbons (Fsp3) is 0.714. The Morgan fingerprint density at radius 1 is 1.29 bits per heavy atom. The van der Waals surface area contributed by atoms with Crippen LogP contribution < -0.4 is 0 Å². The van der Waals surface area contributed by atoms with Crippen molar-refractivity contribution in [3.8, 4) is 12.3 Å². The van der Waals surface area contributed by atoms with Gasteiger partial charge in [0.05, 0.1) is 6.10 Å². The minimum atomic E-state index is -1.82. The fourth-order valence-electron chi connectivity index (χ4n) is 2.88. The zero-order valence-electron chi connectivity index (χ0n) is 17.1. The van der Waals surface area contributed by atoms with E-state index in [-0.39, 0.29) is 16.6 Å². The Bertz CT molecular complexity index is 566. The van der Waals surface area contributed by atoms with Crippen LogP contribution in [-0.4, -0.2) is 25.1 Å². The van der Waals surface area contributed by atoms with Crippen molar-refractivity contribution in [2.75, 3.05) is 0 Å². The molecule has 0 amide bonds. The van der Waals surface area contributed by atoms with Crippen molar-refractivity contribution in [2.24, 2.45) is 5.41 Å².